The minimum absolute atomic E-state index is 0.0535. The number of hydrogen-bond acceptors (Lipinski definition) is 15. The lowest BCUT2D eigenvalue weighted by Crippen LogP contribution is -2.32. The van der Waals surface area contributed by atoms with Gasteiger partial charge >= 0.3 is 13.5 Å². The maximum atomic E-state index is 15.8. The van der Waals surface area contributed by atoms with Crippen LogP contribution in [0.25, 0.3) is 21.9 Å². The summed E-state index contributed by atoms with van der Waals surface area (Å²) >= 11 is 10.4. The molecule has 4 aromatic heterocycles. The van der Waals surface area contributed by atoms with Gasteiger partial charge in [-0.05, 0) is 11.8 Å². The summed E-state index contributed by atoms with van der Waals surface area (Å²) in [4.78, 5) is 42.3. The van der Waals surface area contributed by atoms with Gasteiger partial charge in [0.05, 0.1) is 36.5 Å². The summed E-state index contributed by atoms with van der Waals surface area (Å²) in [5, 5.41) is 4.40. The molecule has 0 spiro atoms. The van der Waals surface area contributed by atoms with E-state index in [1.165, 1.54) is 20.6 Å². The second kappa shape index (κ2) is 11.2. The van der Waals surface area contributed by atoms with Gasteiger partial charge in [-0.3, -0.25) is 28.4 Å². The first kappa shape index (κ1) is 28.9. The lowest BCUT2D eigenvalue weighted by molar-refractivity contribution is -0.0454. The van der Waals surface area contributed by atoms with Gasteiger partial charge in [-0.2, -0.15) is 4.98 Å². The summed E-state index contributed by atoms with van der Waals surface area (Å²) in [6.07, 6.45) is -3.71. The van der Waals surface area contributed by atoms with E-state index in [1.807, 2.05) is 0 Å². The molecular weight excluding hydrogens is 647 g/mol. The average Bonchev–Trinajstić information content (AvgIpc) is 3.69. The Morgan fingerprint density at radius 1 is 1.32 bits per heavy atom. The number of nitrogens with two attached hydrogens (primary N) is 1. The van der Waals surface area contributed by atoms with Crippen LogP contribution in [0.5, 0.6) is 0 Å². The van der Waals surface area contributed by atoms with Crippen molar-refractivity contribution < 1.29 is 36.7 Å². The molecule has 0 saturated carbocycles. The predicted molar refractivity (Wildman–Crippen MR) is 147 cm³/mol. The van der Waals surface area contributed by atoms with Gasteiger partial charge in [0.25, 0.3) is 5.56 Å². The van der Waals surface area contributed by atoms with Crippen LogP contribution in [0.4, 0.5) is 10.3 Å². The standard InChI is InChI=1S/C18H20FN9O8P2S3/c19-11-8-4-33-37(30,39)32-2-1-28-10(23-14(26-28)9-3-21-7-41-9)5-34-38(31,40)36-13(11)17(35-8)27-6-22-12-15(27)24-18(20)25-16(12)29/h3,6-8,11,13,17H,1-2,4-5H2,(H,30,39)(H,31,40)(H3,20,24,25,29)/t8-,11+,13-,17+,37?,38?/m1/s1. The normalized spacial score (nSPS) is 31.5. The van der Waals surface area contributed by atoms with Gasteiger partial charge in [-0.15, -0.1) is 16.4 Å². The Morgan fingerprint density at radius 2 is 2.15 bits per heavy atom. The van der Waals surface area contributed by atoms with Crippen molar-refractivity contribution in [3.05, 3.63) is 34.2 Å². The van der Waals surface area contributed by atoms with Gasteiger partial charge in [0.1, 0.15) is 18.8 Å². The molecule has 23 heteroatoms. The summed E-state index contributed by atoms with van der Waals surface area (Å²) in [6.45, 7) is -9.23. The average molecular weight is 668 g/mol. The monoisotopic (exact) mass is 667 g/mol. The lowest BCUT2D eigenvalue weighted by Gasteiger charge is -2.23. The van der Waals surface area contributed by atoms with Crippen LogP contribution in [-0.2, 0) is 52.4 Å². The number of nitrogens with zero attached hydrogens (tertiary/aromatic N) is 7. The third kappa shape index (κ3) is 6.02. The number of hydrogen-bond donors (Lipinski definition) is 4. The van der Waals surface area contributed by atoms with Gasteiger partial charge in [0, 0.05) is 6.20 Å². The molecule has 1 fully saturated rings. The van der Waals surface area contributed by atoms with Crippen LogP contribution in [0.2, 0.25) is 0 Å². The number of halogens is 1. The van der Waals surface area contributed by atoms with E-state index in [0.29, 0.717) is 10.7 Å². The van der Waals surface area contributed by atoms with E-state index in [1.54, 1.807) is 11.7 Å². The molecule has 2 aliphatic heterocycles. The number of nitrogens with one attached hydrogen (secondary N) is 1. The molecular formula is C18H20FN9O8P2S3. The van der Waals surface area contributed by atoms with Crippen LogP contribution in [0.3, 0.4) is 0 Å². The Balaban J connectivity index is 1.35. The van der Waals surface area contributed by atoms with Crippen LogP contribution in [0.15, 0.2) is 22.8 Å². The number of nitrogen functional groups attached to an aromatic ring is 1. The second-order valence-corrected chi connectivity index (χ2v) is 15.2. The maximum Gasteiger partial charge on any atom is 0.387 e. The third-order valence-electron chi connectivity index (χ3n) is 5.96. The van der Waals surface area contributed by atoms with E-state index >= 15 is 4.39 Å². The number of H-pyrrole nitrogens is 1. The van der Waals surface area contributed by atoms with E-state index in [-0.39, 0.29) is 36.1 Å². The van der Waals surface area contributed by atoms with Crippen LogP contribution in [0.1, 0.15) is 12.1 Å². The van der Waals surface area contributed by atoms with E-state index in [0.717, 1.165) is 6.33 Å². The van der Waals surface area contributed by atoms with Gasteiger partial charge in [0.2, 0.25) is 5.95 Å². The Hall–Kier alpha value is -2.16. The van der Waals surface area contributed by atoms with Gasteiger partial charge in [-0.1, -0.05) is 12.2 Å². The minimum atomic E-state index is -4.31. The zero-order valence-electron chi connectivity index (χ0n) is 20.4. The summed E-state index contributed by atoms with van der Waals surface area (Å²) < 4.78 is 59.4. The third-order valence-corrected chi connectivity index (χ3v) is 9.94. The molecule has 6 heterocycles. The number of anilines is 1. The summed E-state index contributed by atoms with van der Waals surface area (Å²) in [6, 6.07) is 0. The summed E-state index contributed by atoms with van der Waals surface area (Å²) in [5.41, 5.74) is 6.48. The number of ether oxygens (including phenoxy) is 1. The Labute approximate surface area is 243 Å². The van der Waals surface area contributed by atoms with Crippen molar-refractivity contribution in [2.45, 2.75) is 37.8 Å². The molecule has 41 heavy (non-hydrogen) atoms. The number of rotatable bonds is 2. The van der Waals surface area contributed by atoms with E-state index in [4.69, 9.17) is 40.4 Å². The number of alkyl halides is 1. The number of fused-ring (bicyclic) bond motifs is 4. The van der Waals surface area contributed by atoms with E-state index < -0.39 is 56.9 Å². The predicted octanol–water partition coefficient (Wildman–Crippen LogP) is 1.56. The molecule has 17 nitrogen and oxygen atoms in total. The van der Waals surface area contributed by atoms with Crippen molar-refractivity contribution in [3.8, 4) is 10.7 Å². The van der Waals surface area contributed by atoms with E-state index in [9.17, 15) is 14.3 Å². The van der Waals surface area contributed by atoms with Crippen LogP contribution in [0, 0.1) is 0 Å². The molecule has 0 aliphatic carbocycles. The molecule has 0 aromatic carbocycles. The minimum Gasteiger partial charge on any atom is -0.369 e. The zero-order valence-corrected chi connectivity index (χ0v) is 24.7. The van der Waals surface area contributed by atoms with Crippen molar-refractivity contribution in [2.24, 2.45) is 0 Å². The number of thiazole rings is 1. The Kier molecular flexibility index (Phi) is 7.88. The maximum absolute atomic E-state index is 15.8. The lowest BCUT2D eigenvalue weighted by atomic mass is 10.1. The molecule has 220 valence electrons. The fourth-order valence-electron chi connectivity index (χ4n) is 4.16. The van der Waals surface area contributed by atoms with Crippen LogP contribution in [-0.4, -0.2) is 75.8 Å². The summed E-state index contributed by atoms with van der Waals surface area (Å²) in [5.74, 6) is 0.283. The molecule has 1 saturated heterocycles. The fraction of sp³-hybridized carbons (Fsp3) is 0.444. The molecule has 6 atom stereocenters. The van der Waals surface area contributed by atoms with Crippen molar-refractivity contribution in [2.75, 3.05) is 18.9 Å². The van der Waals surface area contributed by atoms with Gasteiger partial charge in [-0.25, -0.2) is 23.6 Å². The number of aromatic amines is 1. The fourth-order valence-corrected chi connectivity index (χ4v) is 7.20. The molecule has 0 amide bonds. The van der Waals surface area contributed by atoms with Crippen molar-refractivity contribution in [1.82, 2.24) is 39.3 Å². The van der Waals surface area contributed by atoms with E-state index in [2.05, 4.69) is 42.3 Å². The molecule has 2 aliphatic rings. The Morgan fingerprint density at radius 3 is 2.93 bits per heavy atom. The summed E-state index contributed by atoms with van der Waals surface area (Å²) in [7, 11) is 0. The quantitative estimate of drug-likeness (QED) is 0.176. The molecule has 0 radical (unpaired) electrons. The van der Waals surface area contributed by atoms with Crippen molar-refractivity contribution in [3.63, 3.8) is 0 Å². The largest absolute Gasteiger partial charge is 0.387 e. The second-order valence-electron chi connectivity index (χ2n) is 8.63. The molecule has 2 bridgehead atoms. The molecule has 4 N–H and O–H groups in total. The van der Waals surface area contributed by atoms with Crippen molar-refractivity contribution >= 4 is 66.0 Å². The highest BCUT2D eigenvalue weighted by Gasteiger charge is 2.51. The van der Waals surface area contributed by atoms with Crippen LogP contribution < -0.4 is 11.3 Å². The highest BCUT2D eigenvalue weighted by molar-refractivity contribution is 8.44. The zero-order chi connectivity index (χ0) is 28.9. The highest BCUT2D eigenvalue weighted by Crippen LogP contribution is 2.57. The van der Waals surface area contributed by atoms with Gasteiger partial charge < -0.3 is 24.4 Å². The smallest absolute Gasteiger partial charge is 0.369 e. The molecule has 6 rings (SSSR count). The van der Waals surface area contributed by atoms with Gasteiger partial charge in [0.15, 0.2) is 35.2 Å². The first-order valence-corrected chi connectivity index (χ1v) is 17.8. The first-order chi connectivity index (χ1) is 19.5. The van der Waals surface area contributed by atoms with Crippen LogP contribution >= 0.6 is 37.1 Å². The first-order valence-electron chi connectivity index (χ1n) is 11.6. The SMILES string of the molecule is Nc1nc2c(ncn2[C@H]2O[C@@H]3COP(O)(=S)OCCn4nc(-c5cncs5)nc4COP(=O)(S)O[C@@H]2[C@H]3F)c(=O)[nH]1. The highest BCUT2D eigenvalue weighted by atomic mass is 32.7. The number of thiol groups is 1. The molecule has 4 aromatic rings. The Bertz CT molecular complexity index is 1740. The number of aromatic nitrogens is 8. The number of imidazole rings is 1. The topological polar surface area (TPSA) is 217 Å². The van der Waals surface area contributed by atoms with Crippen molar-refractivity contribution in [1.29, 1.82) is 0 Å². The molecule has 2 unspecified atom stereocenters.